The molecule has 0 aliphatic carbocycles. The lowest BCUT2D eigenvalue weighted by Gasteiger charge is -1.95. The van der Waals surface area contributed by atoms with E-state index in [9.17, 15) is 0 Å². The molecule has 0 aromatic heterocycles. The predicted octanol–water partition coefficient (Wildman–Crippen LogP) is 3.11. The summed E-state index contributed by atoms with van der Waals surface area (Å²) in [4.78, 5) is 1.81. The van der Waals surface area contributed by atoms with Gasteiger partial charge in [0.2, 0.25) is 0 Å². The SMILES string of the molecule is C#CC[C@@H](C)/C=C/C=C/Br. The summed E-state index contributed by atoms with van der Waals surface area (Å²) in [7, 11) is 0. The average Bonchev–Trinajstić information content (AvgIpc) is 1.89. The Morgan fingerprint density at radius 3 is 2.80 bits per heavy atom. The minimum Gasteiger partial charge on any atom is -0.120 e. The molecule has 0 aromatic rings. The molecule has 0 radical (unpaired) electrons. The smallest absolute Gasteiger partial charge is 0.0146 e. The summed E-state index contributed by atoms with van der Waals surface area (Å²) in [5.74, 6) is 3.09. The summed E-state index contributed by atoms with van der Waals surface area (Å²) in [6, 6.07) is 0. The van der Waals surface area contributed by atoms with Crippen molar-refractivity contribution in [2.75, 3.05) is 0 Å². The first-order chi connectivity index (χ1) is 4.81. The van der Waals surface area contributed by atoms with Gasteiger partial charge >= 0.3 is 0 Å². The van der Waals surface area contributed by atoms with Gasteiger partial charge in [-0.3, -0.25) is 0 Å². The van der Waals surface area contributed by atoms with E-state index in [4.69, 9.17) is 6.42 Å². The van der Waals surface area contributed by atoms with Gasteiger partial charge in [0.05, 0.1) is 0 Å². The monoisotopic (exact) mass is 198 g/mol. The molecule has 0 aliphatic rings. The fourth-order valence-electron chi connectivity index (χ4n) is 0.550. The van der Waals surface area contributed by atoms with Crippen molar-refractivity contribution in [3.63, 3.8) is 0 Å². The highest BCUT2D eigenvalue weighted by Gasteiger charge is 1.89. The van der Waals surface area contributed by atoms with E-state index in [1.54, 1.807) is 0 Å². The van der Waals surface area contributed by atoms with Crippen molar-refractivity contribution < 1.29 is 0 Å². The summed E-state index contributed by atoms with van der Waals surface area (Å²) >= 11 is 3.17. The number of terminal acetylenes is 1. The molecule has 0 bridgehead atoms. The van der Waals surface area contributed by atoms with Crippen LogP contribution in [0.2, 0.25) is 0 Å². The van der Waals surface area contributed by atoms with Gasteiger partial charge in [-0.1, -0.05) is 41.1 Å². The number of rotatable bonds is 3. The zero-order chi connectivity index (χ0) is 7.82. The summed E-state index contributed by atoms with van der Waals surface area (Å²) < 4.78 is 0. The third-order valence-corrected chi connectivity index (χ3v) is 1.37. The zero-order valence-corrected chi connectivity index (χ0v) is 7.64. The molecule has 0 spiro atoms. The predicted molar refractivity (Wildman–Crippen MR) is 49.8 cm³/mol. The normalized spacial score (nSPS) is 14.1. The standard InChI is InChI=1S/C9H11Br/c1-3-6-9(2)7-4-5-8-10/h1,4-5,7-9H,6H2,2H3/b7-4+,8-5+/t9-/m1/s1. The molecule has 10 heavy (non-hydrogen) atoms. The number of halogens is 1. The quantitative estimate of drug-likeness (QED) is 0.484. The van der Waals surface area contributed by atoms with Gasteiger partial charge in [-0.15, -0.1) is 12.3 Å². The summed E-state index contributed by atoms with van der Waals surface area (Å²) in [6.45, 7) is 2.10. The minimum absolute atomic E-state index is 0.480. The molecule has 1 atom stereocenters. The van der Waals surface area contributed by atoms with Gasteiger partial charge in [0.25, 0.3) is 0 Å². The Balaban J connectivity index is 3.57. The third-order valence-electron chi connectivity index (χ3n) is 1.06. The molecule has 0 N–H and O–H groups in total. The molecular formula is C9H11Br. The molecule has 0 fully saturated rings. The van der Waals surface area contributed by atoms with Gasteiger partial charge in [0, 0.05) is 6.42 Å². The molecule has 0 nitrogen and oxygen atoms in total. The Bertz CT molecular complexity index is 160. The Kier molecular flexibility index (Phi) is 6.32. The van der Waals surface area contributed by atoms with Crippen molar-refractivity contribution in [3.8, 4) is 12.3 Å². The molecule has 0 rings (SSSR count). The van der Waals surface area contributed by atoms with Crippen LogP contribution in [0.4, 0.5) is 0 Å². The lowest BCUT2D eigenvalue weighted by atomic mass is 10.1. The van der Waals surface area contributed by atoms with Crippen LogP contribution in [-0.2, 0) is 0 Å². The molecule has 0 amide bonds. The molecule has 0 saturated carbocycles. The van der Waals surface area contributed by atoms with E-state index in [1.165, 1.54) is 0 Å². The van der Waals surface area contributed by atoms with Crippen LogP contribution in [-0.4, -0.2) is 0 Å². The largest absolute Gasteiger partial charge is 0.120 e. The Hall–Kier alpha value is -0.480. The summed E-state index contributed by atoms with van der Waals surface area (Å²) in [5.41, 5.74) is 0. The van der Waals surface area contributed by atoms with Crippen LogP contribution in [0.25, 0.3) is 0 Å². The van der Waals surface area contributed by atoms with Crippen LogP contribution in [0.5, 0.6) is 0 Å². The molecule has 0 saturated heterocycles. The third kappa shape index (κ3) is 5.65. The number of hydrogen-bond donors (Lipinski definition) is 0. The minimum atomic E-state index is 0.480. The summed E-state index contributed by atoms with van der Waals surface area (Å²) in [5, 5.41) is 0. The van der Waals surface area contributed by atoms with E-state index in [1.807, 2.05) is 17.1 Å². The van der Waals surface area contributed by atoms with Crippen LogP contribution >= 0.6 is 15.9 Å². The maximum Gasteiger partial charge on any atom is 0.0146 e. The highest BCUT2D eigenvalue weighted by Crippen LogP contribution is 2.01. The lowest BCUT2D eigenvalue weighted by Crippen LogP contribution is -1.84. The van der Waals surface area contributed by atoms with Crippen LogP contribution in [0.1, 0.15) is 13.3 Å². The van der Waals surface area contributed by atoms with E-state index in [2.05, 4.69) is 34.9 Å². The number of allylic oxidation sites excluding steroid dienone is 3. The average molecular weight is 199 g/mol. The van der Waals surface area contributed by atoms with E-state index >= 15 is 0 Å². The number of hydrogen-bond acceptors (Lipinski definition) is 0. The van der Waals surface area contributed by atoms with Crippen molar-refractivity contribution in [1.82, 2.24) is 0 Å². The van der Waals surface area contributed by atoms with Crippen molar-refractivity contribution in [2.45, 2.75) is 13.3 Å². The first-order valence-corrected chi connectivity index (χ1v) is 4.10. The molecule has 0 heterocycles. The first kappa shape index (κ1) is 9.52. The van der Waals surface area contributed by atoms with Crippen molar-refractivity contribution >= 4 is 15.9 Å². The van der Waals surface area contributed by atoms with Gasteiger partial charge < -0.3 is 0 Å². The van der Waals surface area contributed by atoms with E-state index in [0.717, 1.165) is 6.42 Å². The fraction of sp³-hybridized carbons (Fsp3) is 0.333. The van der Waals surface area contributed by atoms with Crippen LogP contribution in [0.3, 0.4) is 0 Å². The Morgan fingerprint density at radius 2 is 2.30 bits per heavy atom. The van der Waals surface area contributed by atoms with Crippen LogP contribution in [0.15, 0.2) is 23.2 Å². The second-order valence-electron chi connectivity index (χ2n) is 2.09. The van der Waals surface area contributed by atoms with Gasteiger partial charge in [-0.25, -0.2) is 0 Å². The van der Waals surface area contributed by atoms with E-state index in [-0.39, 0.29) is 0 Å². The van der Waals surface area contributed by atoms with Gasteiger partial charge in [-0.2, -0.15) is 0 Å². The van der Waals surface area contributed by atoms with Crippen molar-refractivity contribution in [1.29, 1.82) is 0 Å². The maximum absolute atomic E-state index is 5.12. The second kappa shape index (κ2) is 6.64. The van der Waals surface area contributed by atoms with Crippen molar-refractivity contribution in [3.05, 3.63) is 23.2 Å². The second-order valence-corrected chi connectivity index (χ2v) is 2.62. The molecule has 0 aromatic carbocycles. The van der Waals surface area contributed by atoms with Gasteiger partial charge in [-0.05, 0) is 10.9 Å². The van der Waals surface area contributed by atoms with E-state index in [0.29, 0.717) is 5.92 Å². The van der Waals surface area contributed by atoms with Crippen molar-refractivity contribution in [2.24, 2.45) is 5.92 Å². The zero-order valence-electron chi connectivity index (χ0n) is 6.05. The fourth-order valence-corrected chi connectivity index (χ4v) is 0.726. The lowest BCUT2D eigenvalue weighted by molar-refractivity contribution is 0.760. The molecule has 0 unspecified atom stereocenters. The van der Waals surface area contributed by atoms with Crippen LogP contribution in [0, 0.1) is 18.3 Å². The Labute approximate surface area is 71.1 Å². The topological polar surface area (TPSA) is 0 Å². The maximum atomic E-state index is 5.12. The first-order valence-electron chi connectivity index (χ1n) is 3.18. The molecular weight excluding hydrogens is 188 g/mol. The molecule has 1 heteroatoms. The Morgan fingerprint density at radius 1 is 1.60 bits per heavy atom. The highest BCUT2D eigenvalue weighted by molar-refractivity contribution is 9.11. The summed E-state index contributed by atoms with van der Waals surface area (Å²) in [6.07, 6.45) is 11.9. The highest BCUT2D eigenvalue weighted by atomic mass is 79.9. The van der Waals surface area contributed by atoms with E-state index < -0.39 is 0 Å². The van der Waals surface area contributed by atoms with Gasteiger partial charge in [0.1, 0.15) is 0 Å². The van der Waals surface area contributed by atoms with Crippen LogP contribution < -0.4 is 0 Å². The molecule has 54 valence electrons. The molecule has 0 aliphatic heterocycles. The van der Waals surface area contributed by atoms with Gasteiger partial charge in [0.15, 0.2) is 0 Å².